The first-order valence-corrected chi connectivity index (χ1v) is 11.0. The van der Waals surface area contributed by atoms with Crippen molar-refractivity contribution in [1.82, 2.24) is 9.97 Å². The number of furan rings is 1. The van der Waals surface area contributed by atoms with E-state index >= 15 is 0 Å². The Morgan fingerprint density at radius 2 is 1.62 bits per heavy atom. The van der Waals surface area contributed by atoms with Crippen molar-refractivity contribution in [1.29, 1.82) is 0 Å². The normalized spacial score (nSPS) is 11.6. The summed E-state index contributed by atoms with van der Waals surface area (Å²) in [6.07, 6.45) is 4.66. The average molecular weight is 415 g/mol. The van der Waals surface area contributed by atoms with E-state index in [0.29, 0.717) is 0 Å². The van der Waals surface area contributed by atoms with Gasteiger partial charge in [0, 0.05) is 28.2 Å². The SMILES string of the molecule is CCc1ccc2cc(-c3ccnc(-c4cc5ccoc5c5nc(C)ccc45)c3)ccc2c1. The molecular weight excluding hydrogens is 392 g/mol. The molecule has 154 valence electrons. The zero-order valence-corrected chi connectivity index (χ0v) is 18.1. The molecule has 0 bridgehead atoms. The lowest BCUT2D eigenvalue weighted by Crippen LogP contribution is -1.90. The molecule has 0 spiro atoms. The van der Waals surface area contributed by atoms with E-state index in [0.717, 1.165) is 50.8 Å². The molecule has 0 amide bonds. The molecule has 3 nitrogen and oxygen atoms in total. The Kier molecular flexibility index (Phi) is 4.29. The number of hydrogen-bond donors (Lipinski definition) is 0. The number of fused-ring (bicyclic) bond motifs is 4. The largest absolute Gasteiger partial charge is 0.462 e. The maximum absolute atomic E-state index is 5.74. The first-order valence-electron chi connectivity index (χ1n) is 11.0. The second kappa shape index (κ2) is 7.31. The number of aromatic nitrogens is 2. The fraction of sp³-hybridized carbons (Fsp3) is 0.103. The molecule has 6 aromatic rings. The number of benzene rings is 3. The molecule has 32 heavy (non-hydrogen) atoms. The van der Waals surface area contributed by atoms with Gasteiger partial charge in [-0.25, -0.2) is 4.98 Å². The van der Waals surface area contributed by atoms with Crippen LogP contribution in [0.25, 0.3) is 55.0 Å². The standard InChI is InChI=1S/C29H22N2O/c1-3-19-5-6-21-15-22(8-7-20(21)14-19)23-10-12-30-27(17-23)26-16-24-11-13-32-29(24)28-25(26)9-4-18(2)31-28/h4-17H,3H2,1-2H3. The van der Waals surface area contributed by atoms with E-state index in [1.807, 2.05) is 25.3 Å². The molecule has 0 fully saturated rings. The highest BCUT2D eigenvalue weighted by Gasteiger charge is 2.14. The summed E-state index contributed by atoms with van der Waals surface area (Å²) in [4.78, 5) is 9.49. The summed E-state index contributed by atoms with van der Waals surface area (Å²) in [6, 6.07) is 25.9. The molecule has 0 saturated carbocycles. The highest BCUT2D eigenvalue weighted by Crippen LogP contribution is 2.35. The van der Waals surface area contributed by atoms with Crippen LogP contribution >= 0.6 is 0 Å². The first kappa shape index (κ1) is 18.8. The maximum Gasteiger partial charge on any atom is 0.160 e. The molecule has 3 heteroatoms. The van der Waals surface area contributed by atoms with Crippen molar-refractivity contribution in [2.75, 3.05) is 0 Å². The maximum atomic E-state index is 5.74. The minimum Gasteiger partial charge on any atom is -0.462 e. The molecular formula is C29H22N2O. The van der Waals surface area contributed by atoms with Crippen LogP contribution in [0, 0.1) is 6.92 Å². The Bertz CT molecular complexity index is 1630. The fourth-order valence-electron chi connectivity index (χ4n) is 4.47. The van der Waals surface area contributed by atoms with Gasteiger partial charge in [-0.3, -0.25) is 4.98 Å². The molecule has 0 unspecified atom stereocenters. The number of aryl methyl sites for hydroxylation is 2. The van der Waals surface area contributed by atoms with Gasteiger partial charge in [0.25, 0.3) is 0 Å². The third-order valence-corrected chi connectivity index (χ3v) is 6.22. The predicted molar refractivity (Wildman–Crippen MR) is 132 cm³/mol. The second-order valence-corrected chi connectivity index (χ2v) is 8.29. The second-order valence-electron chi connectivity index (χ2n) is 8.29. The average Bonchev–Trinajstić information content (AvgIpc) is 3.32. The number of rotatable bonds is 3. The van der Waals surface area contributed by atoms with Gasteiger partial charge in [0.15, 0.2) is 5.58 Å². The highest BCUT2D eigenvalue weighted by molar-refractivity contribution is 6.09. The minimum atomic E-state index is 0.824. The van der Waals surface area contributed by atoms with Crippen molar-refractivity contribution in [2.24, 2.45) is 0 Å². The van der Waals surface area contributed by atoms with E-state index in [-0.39, 0.29) is 0 Å². The van der Waals surface area contributed by atoms with Crippen LogP contribution in [-0.2, 0) is 6.42 Å². The fourth-order valence-corrected chi connectivity index (χ4v) is 4.47. The van der Waals surface area contributed by atoms with Crippen molar-refractivity contribution >= 4 is 32.6 Å². The van der Waals surface area contributed by atoms with Gasteiger partial charge in [0.2, 0.25) is 0 Å². The molecule has 3 heterocycles. The molecule has 3 aromatic heterocycles. The van der Waals surface area contributed by atoms with Crippen molar-refractivity contribution in [3.63, 3.8) is 0 Å². The van der Waals surface area contributed by atoms with Gasteiger partial charge in [0.1, 0.15) is 5.52 Å². The summed E-state index contributed by atoms with van der Waals surface area (Å²) in [6.45, 7) is 4.19. The van der Waals surface area contributed by atoms with E-state index in [2.05, 4.69) is 67.6 Å². The molecule has 0 aliphatic carbocycles. The van der Waals surface area contributed by atoms with E-state index in [1.165, 1.54) is 21.9 Å². The van der Waals surface area contributed by atoms with E-state index in [9.17, 15) is 0 Å². The van der Waals surface area contributed by atoms with Crippen LogP contribution in [0.15, 0.2) is 89.7 Å². The number of hydrogen-bond acceptors (Lipinski definition) is 3. The van der Waals surface area contributed by atoms with Crippen LogP contribution in [0.1, 0.15) is 18.2 Å². The van der Waals surface area contributed by atoms with Crippen molar-refractivity contribution in [2.45, 2.75) is 20.3 Å². The zero-order chi connectivity index (χ0) is 21.7. The summed E-state index contributed by atoms with van der Waals surface area (Å²) >= 11 is 0. The third kappa shape index (κ3) is 3.05. The molecule has 0 aliphatic heterocycles. The Morgan fingerprint density at radius 1 is 0.781 bits per heavy atom. The van der Waals surface area contributed by atoms with Gasteiger partial charge in [-0.05, 0) is 77.2 Å². The smallest absolute Gasteiger partial charge is 0.160 e. The summed E-state index contributed by atoms with van der Waals surface area (Å²) in [5, 5.41) is 4.62. The lowest BCUT2D eigenvalue weighted by atomic mass is 9.97. The lowest BCUT2D eigenvalue weighted by Gasteiger charge is -2.10. The third-order valence-electron chi connectivity index (χ3n) is 6.22. The molecule has 6 rings (SSSR count). The lowest BCUT2D eigenvalue weighted by molar-refractivity contribution is 0.618. The quantitative estimate of drug-likeness (QED) is 0.297. The van der Waals surface area contributed by atoms with Crippen LogP contribution in [0.2, 0.25) is 0 Å². The summed E-state index contributed by atoms with van der Waals surface area (Å²) in [5.74, 6) is 0. The molecule has 0 N–H and O–H groups in total. The van der Waals surface area contributed by atoms with Crippen LogP contribution in [0.5, 0.6) is 0 Å². The summed E-state index contributed by atoms with van der Waals surface area (Å²) in [5.41, 5.74) is 8.37. The highest BCUT2D eigenvalue weighted by atomic mass is 16.3. The van der Waals surface area contributed by atoms with Gasteiger partial charge in [-0.1, -0.05) is 43.3 Å². The molecule has 0 saturated heterocycles. The van der Waals surface area contributed by atoms with Gasteiger partial charge in [-0.2, -0.15) is 0 Å². The Hall–Kier alpha value is -3.98. The van der Waals surface area contributed by atoms with E-state index in [1.54, 1.807) is 6.26 Å². The molecule has 0 radical (unpaired) electrons. The Balaban J connectivity index is 1.52. The van der Waals surface area contributed by atoms with Crippen molar-refractivity contribution in [3.05, 3.63) is 96.5 Å². The predicted octanol–water partition coefficient (Wildman–Crippen LogP) is 7.73. The number of nitrogens with zero attached hydrogens (tertiary/aromatic N) is 2. The van der Waals surface area contributed by atoms with Gasteiger partial charge >= 0.3 is 0 Å². The van der Waals surface area contributed by atoms with Crippen LogP contribution in [0.3, 0.4) is 0 Å². The first-order chi connectivity index (χ1) is 15.7. The topological polar surface area (TPSA) is 38.9 Å². The van der Waals surface area contributed by atoms with Crippen LogP contribution < -0.4 is 0 Å². The van der Waals surface area contributed by atoms with Crippen LogP contribution in [-0.4, -0.2) is 9.97 Å². The Morgan fingerprint density at radius 3 is 2.53 bits per heavy atom. The van der Waals surface area contributed by atoms with Gasteiger partial charge < -0.3 is 4.42 Å². The minimum absolute atomic E-state index is 0.824. The molecule has 3 aromatic carbocycles. The van der Waals surface area contributed by atoms with Gasteiger partial charge in [-0.15, -0.1) is 0 Å². The van der Waals surface area contributed by atoms with E-state index in [4.69, 9.17) is 14.4 Å². The number of pyridine rings is 2. The van der Waals surface area contributed by atoms with Crippen molar-refractivity contribution in [3.8, 4) is 22.4 Å². The molecule has 0 atom stereocenters. The summed E-state index contributed by atoms with van der Waals surface area (Å²) in [7, 11) is 0. The van der Waals surface area contributed by atoms with E-state index < -0.39 is 0 Å². The zero-order valence-electron chi connectivity index (χ0n) is 18.1. The van der Waals surface area contributed by atoms with Gasteiger partial charge in [0.05, 0.1) is 12.0 Å². The summed E-state index contributed by atoms with van der Waals surface area (Å²) < 4.78 is 5.74. The van der Waals surface area contributed by atoms with Crippen LogP contribution in [0.4, 0.5) is 0 Å². The Labute approximate surface area is 186 Å². The van der Waals surface area contributed by atoms with Crippen molar-refractivity contribution < 1.29 is 4.42 Å². The molecule has 0 aliphatic rings. The monoisotopic (exact) mass is 414 g/mol.